The van der Waals surface area contributed by atoms with E-state index in [0.717, 1.165) is 18.4 Å². The third kappa shape index (κ3) is 4.89. The molecule has 0 spiro atoms. The summed E-state index contributed by atoms with van der Waals surface area (Å²) in [7, 11) is 0. The highest BCUT2D eigenvalue weighted by molar-refractivity contribution is 5.68. The highest BCUT2D eigenvalue weighted by atomic mass is 16.6. The van der Waals surface area contributed by atoms with Gasteiger partial charge in [-0.3, -0.25) is 4.90 Å². The van der Waals surface area contributed by atoms with E-state index in [1.54, 1.807) is 4.90 Å². The van der Waals surface area contributed by atoms with Crippen LogP contribution in [0, 0.1) is 0 Å². The summed E-state index contributed by atoms with van der Waals surface area (Å²) in [6, 6.07) is 18.5. The Balaban J connectivity index is 1.60. The van der Waals surface area contributed by atoms with Gasteiger partial charge in [0.05, 0.1) is 6.17 Å². The van der Waals surface area contributed by atoms with Crippen LogP contribution in [0.3, 0.4) is 0 Å². The minimum absolute atomic E-state index is 0.125. The van der Waals surface area contributed by atoms with Crippen molar-refractivity contribution < 1.29 is 9.53 Å². The number of amides is 1. The molecule has 4 nitrogen and oxygen atoms in total. The molecule has 2 atom stereocenters. The van der Waals surface area contributed by atoms with Gasteiger partial charge in [0.1, 0.15) is 6.61 Å². The number of nitrogens with zero attached hydrogens (tertiary/aromatic N) is 1. The Morgan fingerprint density at radius 2 is 1.89 bits per heavy atom. The van der Waals surface area contributed by atoms with E-state index in [1.807, 2.05) is 30.3 Å². The van der Waals surface area contributed by atoms with Gasteiger partial charge in [-0.15, -0.1) is 0 Å². The molecule has 0 radical (unpaired) electrons. The van der Waals surface area contributed by atoms with Crippen LogP contribution in [0.15, 0.2) is 54.6 Å². The van der Waals surface area contributed by atoms with E-state index in [4.69, 9.17) is 10.5 Å². The maximum Gasteiger partial charge on any atom is 0.411 e. The van der Waals surface area contributed by atoms with Crippen LogP contribution in [0.4, 0.5) is 4.79 Å². The zero-order chi connectivity index (χ0) is 19.4. The predicted octanol–water partition coefficient (Wildman–Crippen LogP) is 4.79. The summed E-state index contributed by atoms with van der Waals surface area (Å²) in [6.45, 7) is 7.58. The Bertz CT molecular complexity index is 767. The molecule has 1 amide bonds. The Labute approximate surface area is 162 Å². The fourth-order valence-electron chi connectivity index (χ4n) is 3.59. The Morgan fingerprint density at radius 3 is 2.56 bits per heavy atom. The molecule has 1 aliphatic heterocycles. The standard InChI is InChI=1S/C23H30N2O2/c1-23(2,3)20-11-7-10-18(14-20)19-12-13-25(21(24)15-19)22(26)27-16-17-8-5-4-6-9-17/h4-11,14,19,21H,12-13,15-16,24H2,1-3H3. The first-order valence-electron chi connectivity index (χ1n) is 9.68. The second kappa shape index (κ2) is 8.13. The largest absolute Gasteiger partial charge is 0.445 e. The first kappa shape index (κ1) is 19.4. The molecule has 2 unspecified atom stereocenters. The van der Waals surface area contributed by atoms with Crippen LogP contribution < -0.4 is 5.73 Å². The Kier molecular flexibility index (Phi) is 5.85. The summed E-state index contributed by atoms with van der Waals surface area (Å²) >= 11 is 0. The molecule has 1 fully saturated rings. The summed E-state index contributed by atoms with van der Waals surface area (Å²) in [5.74, 6) is 0.375. The average molecular weight is 367 g/mol. The van der Waals surface area contributed by atoms with Crippen molar-refractivity contribution in [2.75, 3.05) is 6.54 Å². The van der Waals surface area contributed by atoms with Gasteiger partial charge in [0, 0.05) is 6.54 Å². The zero-order valence-electron chi connectivity index (χ0n) is 16.5. The molecule has 0 bridgehead atoms. The van der Waals surface area contributed by atoms with Crippen LogP contribution in [0.25, 0.3) is 0 Å². The summed E-state index contributed by atoms with van der Waals surface area (Å²) in [6.07, 6.45) is 1.02. The lowest BCUT2D eigenvalue weighted by Crippen LogP contribution is -2.50. The van der Waals surface area contributed by atoms with E-state index in [0.29, 0.717) is 12.5 Å². The molecule has 1 saturated heterocycles. The number of rotatable bonds is 3. The van der Waals surface area contributed by atoms with Crippen LogP contribution in [0.1, 0.15) is 56.2 Å². The Hall–Kier alpha value is -2.33. The molecule has 0 aromatic heterocycles. The average Bonchev–Trinajstić information content (AvgIpc) is 2.66. The zero-order valence-corrected chi connectivity index (χ0v) is 16.5. The third-order valence-corrected chi connectivity index (χ3v) is 5.31. The van der Waals surface area contributed by atoms with E-state index < -0.39 is 0 Å². The number of ether oxygens (including phenoxy) is 1. The second-order valence-corrected chi connectivity index (χ2v) is 8.40. The quantitative estimate of drug-likeness (QED) is 0.850. The smallest absolute Gasteiger partial charge is 0.411 e. The first-order valence-corrected chi connectivity index (χ1v) is 9.68. The molecule has 3 rings (SSSR count). The van der Waals surface area contributed by atoms with Gasteiger partial charge < -0.3 is 10.5 Å². The van der Waals surface area contributed by atoms with E-state index in [-0.39, 0.29) is 24.3 Å². The van der Waals surface area contributed by atoms with Crippen molar-refractivity contribution >= 4 is 6.09 Å². The van der Waals surface area contributed by atoms with Crippen LogP contribution in [0.5, 0.6) is 0 Å². The van der Waals surface area contributed by atoms with Crippen molar-refractivity contribution in [3.05, 3.63) is 71.3 Å². The molecule has 2 aromatic carbocycles. The molecule has 1 aliphatic rings. The topological polar surface area (TPSA) is 55.6 Å². The molecular weight excluding hydrogens is 336 g/mol. The number of hydrogen-bond donors (Lipinski definition) is 1. The molecule has 2 aromatic rings. The van der Waals surface area contributed by atoms with E-state index in [9.17, 15) is 4.79 Å². The SMILES string of the molecule is CC(C)(C)c1cccc(C2CCN(C(=O)OCc3ccccc3)C(N)C2)c1. The number of likely N-dealkylation sites (tertiary alicyclic amines) is 1. The first-order chi connectivity index (χ1) is 12.8. The van der Waals surface area contributed by atoms with Crippen molar-refractivity contribution in [1.29, 1.82) is 0 Å². The molecule has 0 saturated carbocycles. The van der Waals surface area contributed by atoms with Gasteiger partial charge in [-0.1, -0.05) is 75.4 Å². The van der Waals surface area contributed by atoms with Gasteiger partial charge in [0.15, 0.2) is 0 Å². The highest BCUT2D eigenvalue weighted by Gasteiger charge is 2.31. The third-order valence-electron chi connectivity index (χ3n) is 5.31. The van der Waals surface area contributed by atoms with Crippen LogP contribution in [-0.2, 0) is 16.8 Å². The lowest BCUT2D eigenvalue weighted by Gasteiger charge is -2.37. The van der Waals surface area contributed by atoms with Gasteiger partial charge in [0.2, 0.25) is 0 Å². The van der Waals surface area contributed by atoms with E-state index in [2.05, 4.69) is 45.0 Å². The van der Waals surface area contributed by atoms with E-state index >= 15 is 0 Å². The highest BCUT2D eigenvalue weighted by Crippen LogP contribution is 2.33. The maximum atomic E-state index is 12.4. The van der Waals surface area contributed by atoms with Crippen molar-refractivity contribution in [2.45, 2.75) is 57.7 Å². The van der Waals surface area contributed by atoms with Gasteiger partial charge in [-0.2, -0.15) is 0 Å². The number of carbonyl (C=O) groups is 1. The molecule has 144 valence electrons. The van der Waals surface area contributed by atoms with Gasteiger partial charge in [-0.25, -0.2) is 4.79 Å². The lowest BCUT2D eigenvalue weighted by atomic mass is 9.82. The van der Waals surface area contributed by atoms with Gasteiger partial charge in [0.25, 0.3) is 0 Å². The van der Waals surface area contributed by atoms with Crippen molar-refractivity contribution in [3.8, 4) is 0 Å². The minimum Gasteiger partial charge on any atom is -0.445 e. The van der Waals surface area contributed by atoms with Crippen LogP contribution in [0.2, 0.25) is 0 Å². The van der Waals surface area contributed by atoms with Crippen molar-refractivity contribution in [2.24, 2.45) is 5.73 Å². The maximum absolute atomic E-state index is 12.4. The van der Waals surface area contributed by atoms with Crippen LogP contribution >= 0.6 is 0 Å². The number of hydrogen-bond acceptors (Lipinski definition) is 3. The molecule has 0 aliphatic carbocycles. The van der Waals surface area contributed by atoms with E-state index in [1.165, 1.54) is 11.1 Å². The molecule has 4 heteroatoms. The number of nitrogens with two attached hydrogens (primary N) is 1. The van der Waals surface area contributed by atoms with Crippen LogP contribution in [-0.4, -0.2) is 23.7 Å². The summed E-state index contributed by atoms with van der Waals surface area (Å²) < 4.78 is 5.45. The number of carbonyl (C=O) groups excluding carboxylic acids is 1. The van der Waals surface area contributed by atoms with Crippen molar-refractivity contribution in [3.63, 3.8) is 0 Å². The monoisotopic (exact) mass is 366 g/mol. The fourth-order valence-corrected chi connectivity index (χ4v) is 3.59. The van der Waals surface area contributed by atoms with Gasteiger partial charge in [-0.05, 0) is 40.9 Å². The summed E-state index contributed by atoms with van der Waals surface area (Å²) in [5, 5.41) is 0. The number of benzene rings is 2. The summed E-state index contributed by atoms with van der Waals surface area (Å²) in [4.78, 5) is 14.1. The normalized spacial score (nSPS) is 20.4. The summed E-state index contributed by atoms with van der Waals surface area (Å²) in [5.41, 5.74) is 10.1. The van der Waals surface area contributed by atoms with Gasteiger partial charge >= 0.3 is 6.09 Å². The molecule has 1 heterocycles. The fraction of sp³-hybridized carbons (Fsp3) is 0.435. The molecular formula is C23H30N2O2. The molecule has 27 heavy (non-hydrogen) atoms. The second-order valence-electron chi connectivity index (χ2n) is 8.40. The predicted molar refractivity (Wildman–Crippen MR) is 108 cm³/mol. The van der Waals surface area contributed by atoms with Crippen molar-refractivity contribution in [1.82, 2.24) is 4.90 Å². The lowest BCUT2D eigenvalue weighted by molar-refractivity contribution is 0.0658. The number of piperidine rings is 1. The molecule has 2 N–H and O–H groups in total. The minimum atomic E-state index is -0.326. The Morgan fingerprint density at radius 1 is 1.15 bits per heavy atom.